The Hall–Kier alpha value is -1.14. The number of carbonyl (C=O) groups excluding carboxylic acids is 1. The normalized spacial score (nSPS) is 11.3. The van der Waals surface area contributed by atoms with Crippen LogP contribution in [-0.2, 0) is 4.79 Å². The Morgan fingerprint density at radius 1 is 1.32 bits per heavy atom. The smallest absolute Gasteiger partial charge is 0.287 e. The van der Waals surface area contributed by atoms with Gasteiger partial charge in [-0.15, -0.1) is 11.8 Å². The highest BCUT2D eigenvalue weighted by molar-refractivity contribution is 7.99. The highest BCUT2D eigenvalue weighted by Gasteiger charge is 2.27. The van der Waals surface area contributed by atoms with E-state index in [0.29, 0.717) is 6.42 Å². The van der Waals surface area contributed by atoms with E-state index in [1.54, 1.807) is 11.8 Å². The Morgan fingerprint density at radius 2 is 2.00 bits per heavy atom. The van der Waals surface area contributed by atoms with Gasteiger partial charge in [-0.25, -0.2) is 8.78 Å². The van der Waals surface area contributed by atoms with E-state index in [1.165, 1.54) is 0 Å². The molecule has 6 heteroatoms. The summed E-state index contributed by atoms with van der Waals surface area (Å²) < 4.78 is 25.3. The Labute approximate surface area is 115 Å². The number of nitrogens with one attached hydrogen (secondary N) is 1. The van der Waals surface area contributed by atoms with Crippen LogP contribution in [0.4, 0.5) is 8.78 Å². The van der Waals surface area contributed by atoms with Crippen molar-refractivity contribution in [3.05, 3.63) is 30.3 Å². The number of hydrogen-bond donors (Lipinski definition) is 2. The monoisotopic (exact) mass is 289 g/mol. The van der Waals surface area contributed by atoms with Crippen LogP contribution in [0.25, 0.3) is 0 Å². The first-order valence-corrected chi connectivity index (χ1v) is 6.95. The van der Waals surface area contributed by atoms with Crippen LogP contribution < -0.4 is 5.32 Å². The van der Waals surface area contributed by atoms with Gasteiger partial charge < -0.3 is 10.4 Å². The molecule has 0 heterocycles. The van der Waals surface area contributed by atoms with Gasteiger partial charge in [0, 0.05) is 11.3 Å². The standard InChI is InChI=1S/C13H17F2NO2S/c14-13(15,10-17)9-16-12(18)7-4-8-19-11-5-2-1-3-6-11/h1-3,5-6,17H,4,7-10H2,(H,16,18). The number of carbonyl (C=O) groups is 1. The van der Waals surface area contributed by atoms with Crippen LogP contribution in [-0.4, -0.2) is 35.8 Å². The number of thioether (sulfide) groups is 1. The largest absolute Gasteiger partial charge is 0.390 e. The molecule has 19 heavy (non-hydrogen) atoms. The fourth-order valence-electron chi connectivity index (χ4n) is 1.31. The summed E-state index contributed by atoms with van der Waals surface area (Å²) in [6.45, 7) is -2.06. The van der Waals surface area contributed by atoms with Crippen LogP contribution >= 0.6 is 11.8 Å². The minimum atomic E-state index is -3.24. The Bertz CT molecular complexity index is 387. The average molecular weight is 289 g/mol. The molecule has 0 fully saturated rings. The van der Waals surface area contributed by atoms with E-state index in [1.807, 2.05) is 30.3 Å². The number of hydrogen-bond acceptors (Lipinski definition) is 3. The van der Waals surface area contributed by atoms with Crippen molar-refractivity contribution in [2.75, 3.05) is 18.9 Å². The quantitative estimate of drug-likeness (QED) is 0.570. The lowest BCUT2D eigenvalue weighted by Gasteiger charge is -2.13. The van der Waals surface area contributed by atoms with E-state index in [-0.39, 0.29) is 6.42 Å². The second-order valence-corrected chi connectivity index (χ2v) is 5.22. The van der Waals surface area contributed by atoms with E-state index in [2.05, 4.69) is 5.32 Å². The van der Waals surface area contributed by atoms with Crippen LogP contribution in [0.3, 0.4) is 0 Å². The van der Waals surface area contributed by atoms with Gasteiger partial charge in [-0.2, -0.15) is 0 Å². The van der Waals surface area contributed by atoms with Crippen molar-refractivity contribution in [3.63, 3.8) is 0 Å². The van der Waals surface area contributed by atoms with E-state index in [9.17, 15) is 13.6 Å². The predicted molar refractivity (Wildman–Crippen MR) is 71.4 cm³/mol. The van der Waals surface area contributed by atoms with E-state index >= 15 is 0 Å². The highest BCUT2D eigenvalue weighted by atomic mass is 32.2. The van der Waals surface area contributed by atoms with Gasteiger partial charge in [0.2, 0.25) is 5.91 Å². The van der Waals surface area contributed by atoms with Crippen LogP contribution in [0.2, 0.25) is 0 Å². The first-order chi connectivity index (χ1) is 9.03. The lowest BCUT2D eigenvalue weighted by Crippen LogP contribution is -2.38. The molecule has 0 unspecified atom stereocenters. The number of aliphatic hydroxyl groups excluding tert-OH is 1. The summed E-state index contributed by atoms with van der Waals surface area (Å²) >= 11 is 1.62. The molecular formula is C13H17F2NO2S. The molecule has 0 saturated heterocycles. The van der Waals surface area contributed by atoms with Crippen molar-refractivity contribution in [1.82, 2.24) is 5.32 Å². The fraction of sp³-hybridized carbons (Fsp3) is 0.462. The van der Waals surface area contributed by atoms with Crippen LogP contribution in [0.5, 0.6) is 0 Å². The number of benzene rings is 1. The van der Waals surface area contributed by atoms with Gasteiger partial charge in [0.15, 0.2) is 0 Å². The SMILES string of the molecule is O=C(CCCSc1ccccc1)NCC(F)(F)CO. The zero-order chi connectivity index (χ0) is 14.1. The molecule has 0 aromatic heterocycles. The minimum Gasteiger partial charge on any atom is -0.390 e. The summed E-state index contributed by atoms with van der Waals surface area (Å²) in [5, 5.41) is 10.5. The van der Waals surface area contributed by atoms with Crippen molar-refractivity contribution in [2.45, 2.75) is 23.7 Å². The fourth-order valence-corrected chi connectivity index (χ4v) is 2.19. The lowest BCUT2D eigenvalue weighted by molar-refractivity contribution is -0.124. The molecule has 106 valence electrons. The van der Waals surface area contributed by atoms with Gasteiger partial charge in [-0.1, -0.05) is 18.2 Å². The molecule has 0 aliphatic carbocycles. The molecular weight excluding hydrogens is 272 g/mol. The molecule has 1 rings (SSSR count). The molecule has 0 atom stereocenters. The molecule has 0 aliphatic rings. The van der Waals surface area contributed by atoms with Gasteiger partial charge in [0.1, 0.15) is 6.61 Å². The van der Waals surface area contributed by atoms with E-state index in [4.69, 9.17) is 5.11 Å². The summed E-state index contributed by atoms with van der Waals surface area (Å²) in [5.74, 6) is -2.90. The summed E-state index contributed by atoms with van der Waals surface area (Å²) in [6.07, 6.45) is 0.831. The maximum Gasteiger partial charge on any atom is 0.287 e. The summed E-state index contributed by atoms with van der Waals surface area (Å²) in [6, 6.07) is 9.76. The molecule has 0 saturated carbocycles. The highest BCUT2D eigenvalue weighted by Crippen LogP contribution is 2.18. The Morgan fingerprint density at radius 3 is 2.63 bits per heavy atom. The third-order valence-corrected chi connectivity index (χ3v) is 3.43. The number of rotatable bonds is 8. The van der Waals surface area contributed by atoms with Gasteiger partial charge in [-0.3, -0.25) is 4.79 Å². The van der Waals surface area contributed by atoms with Crippen molar-refractivity contribution >= 4 is 17.7 Å². The van der Waals surface area contributed by atoms with Crippen molar-refractivity contribution in [1.29, 1.82) is 0 Å². The van der Waals surface area contributed by atoms with E-state index in [0.717, 1.165) is 10.6 Å². The third kappa shape index (κ3) is 7.12. The molecule has 0 aliphatic heterocycles. The van der Waals surface area contributed by atoms with Crippen LogP contribution in [0.15, 0.2) is 35.2 Å². The zero-order valence-electron chi connectivity index (χ0n) is 10.4. The van der Waals surface area contributed by atoms with E-state index < -0.39 is 25.0 Å². The second kappa shape index (κ2) is 8.12. The number of alkyl halides is 2. The van der Waals surface area contributed by atoms with Gasteiger partial charge in [-0.05, 0) is 24.3 Å². The average Bonchev–Trinajstić information content (AvgIpc) is 2.43. The summed E-state index contributed by atoms with van der Waals surface area (Å²) in [5.41, 5.74) is 0. The number of aliphatic hydroxyl groups is 1. The van der Waals surface area contributed by atoms with Gasteiger partial charge >= 0.3 is 0 Å². The van der Waals surface area contributed by atoms with Crippen LogP contribution in [0, 0.1) is 0 Å². The zero-order valence-corrected chi connectivity index (χ0v) is 11.3. The molecule has 0 spiro atoms. The first kappa shape index (κ1) is 15.9. The third-order valence-electron chi connectivity index (χ3n) is 2.34. The van der Waals surface area contributed by atoms with Crippen LogP contribution in [0.1, 0.15) is 12.8 Å². The van der Waals surface area contributed by atoms with Crippen molar-refractivity contribution < 1.29 is 18.7 Å². The molecule has 1 amide bonds. The Kier molecular flexibility index (Phi) is 6.80. The summed E-state index contributed by atoms with van der Waals surface area (Å²) in [7, 11) is 0. The molecule has 1 aromatic carbocycles. The van der Waals surface area contributed by atoms with Crippen molar-refractivity contribution in [3.8, 4) is 0 Å². The number of amides is 1. The predicted octanol–water partition coefficient (Wildman–Crippen LogP) is 2.30. The summed E-state index contributed by atoms with van der Waals surface area (Å²) in [4.78, 5) is 12.4. The van der Waals surface area contributed by atoms with Crippen molar-refractivity contribution in [2.24, 2.45) is 0 Å². The second-order valence-electron chi connectivity index (χ2n) is 4.06. The lowest BCUT2D eigenvalue weighted by atomic mass is 10.3. The first-order valence-electron chi connectivity index (χ1n) is 5.97. The topological polar surface area (TPSA) is 49.3 Å². The molecule has 2 N–H and O–H groups in total. The molecule has 3 nitrogen and oxygen atoms in total. The Balaban J connectivity index is 2.11. The number of halogens is 2. The van der Waals surface area contributed by atoms with Gasteiger partial charge in [0.25, 0.3) is 5.92 Å². The molecule has 0 bridgehead atoms. The maximum absolute atomic E-state index is 12.7. The molecule has 0 radical (unpaired) electrons. The minimum absolute atomic E-state index is 0.210. The maximum atomic E-state index is 12.7. The molecule has 1 aromatic rings. The van der Waals surface area contributed by atoms with Gasteiger partial charge in [0.05, 0.1) is 6.54 Å².